The first-order valence-corrected chi connectivity index (χ1v) is 18.1. The fraction of sp³-hybridized carbons (Fsp3) is 0.941. The molecule has 0 aliphatic rings. The molecule has 2 unspecified atom stereocenters. The molecule has 0 saturated carbocycles. The third-order valence-corrected chi connectivity index (χ3v) is 7.11. The van der Waals surface area contributed by atoms with Gasteiger partial charge < -0.3 is 61.6 Å². The zero-order chi connectivity index (χ0) is 43.8. The number of rotatable bonds is 39. The molecule has 0 fully saturated rings. The van der Waals surface area contributed by atoms with Crippen LogP contribution in [0.4, 0.5) is 48.3 Å². The summed E-state index contributed by atoms with van der Waals surface area (Å²) in [5.74, 6) is -3.11. The highest BCUT2D eigenvalue weighted by molar-refractivity contribution is 5.35. The van der Waals surface area contributed by atoms with Crippen LogP contribution in [0.15, 0.2) is 11.3 Å². The summed E-state index contributed by atoms with van der Waals surface area (Å²) < 4.78 is 216. The SMILES string of the molecule is COCCOCCOCCOCCOCCOCCOCCOCCOCCOCCOCCOCCOC(=C(C(C)(F)C(F)(F)F)C(C)(F)C(F)(F)F)C(F)(F)F. The smallest absolute Gasteiger partial charge is 0.449 e. The molecule has 13 nitrogen and oxygen atoms in total. The van der Waals surface area contributed by atoms with Crippen molar-refractivity contribution in [3.05, 3.63) is 11.3 Å². The standard InChI is InChI=1S/C34H57F11O13/c1-30(35,33(40,41)42)28(31(2,36)34(43,44)45)29(32(37,38)39)58-27-26-57-25-24-56-23-22-55-21-20-54-19-18-53-17-16-52-15-14-51-13-12-50-11-10-49-9-8-48-7-6-47-5-4-46-3/h4-27H2,1-3H3. The molecule has 0 amide bonds. The number of halogens is 11. The van der Waals surface area contributed by atoms with Crippen LogP contribution in [-0.4, -0.2) is 196 Å². The Kier molecular flexibility index (Phi) is 31.1. The van der Waals surface area contributed by atoms with Gasteiger partial charge in [0.2, 0.25) is 17.1 Å². The quantitative estimate of drug-likeness (QED) is 0.0456. The first-order valence-electron chi connectivity index (χ1n) is 18.1. The maximum atomic E-state index is 14.5. The van der Waals surface area contributed by atoms with Crippen LogP contribution in [0.5, 0.6) is 0 Å². The molecule has 0 aromatic heterocycles. The van der Waals surface area contributed by atoms with Gasteiger partial charge in [-0.05, 0) is 13.8 Å². The average molecular weight is 883 g/mol. The van der Waals surface area contributed by atoms with Gasteiger partial charge >= 0.3 is 18.5 Å². The second-order valence-electron chi connectivity index (χ2n) is 11.8. The minimum Gasteiger partial charge on any atom is -0.486 e. The third-order valence-electron chi connectivity index (χ3n) is 7.11. The van der Waals surface area contributed by atoms with E-state index in [9.17, 15) is 48.3 Å². The Bertz CT molecular complexity index is 989. The molecule has 0 aromatic carbocycles. The van der Waals surface area contributed by atoms with Crippen molar-refractivity contribution < 1.29 is 110 Å². The van der Waals surface area contributed by atoms with E-state index in [0.29, 0.717) is 106 Å². The van der Waals surface area contributed by atoms with E-state index in [1.54, 1.807) is 7.11 Å². The fourth-order valence-corrected chi connectivity index (χ4v) is 4.09. The minimum atomic E-state index is -6.36. The van der Waals surface area contributed by atoms with Crippen molar-refractivity contribution in [2.24, 2.45) is 0 Å². The summed E-state index contributed by atoms with van der Waals surface area (Å²) >= 11 is 0. The lowest BCUT2D eigenvalue weighted by molar-refractivity contribution is -0.248. The van der Waals surface area contributed by atoms with Crippen LogP contribution >= 0.6 is 0 Å². The maximum absolute atomic E-state index is 14.5. The third kappa shape index (κ3) is 26.5. The van der Waals surface area contributed by atoms with E-state index in [1.165, 1.54) is 0 Å². The minimum absolute atomic E-state index is 0.0611. The summed E-state index contributed by atoms with van der Waals surface area (Å²) in [6.45, 7) is 3.78. The monoisotopic (exact) mass is 882 g/mol. The number of hydrogen-bond acceptors (Lipinski definition) is 13. The molecule has 0 spiro atoms. The second-order valence-corrected chi connectivity index (χ2v) is 11.8. The van der Waals surface area contributed by atoms with Crippen molar-refractivity contribution in [3.63, 3.8) is 0 Å². The summed E-state index contributed by atoms with van der Waals surface area (Å²) in [4.78, 5) is 0. The van der Waals surface area contributed by atoms with Gasteiger partial charge in [-0.1, -0.05) is 0 Å². The van der Waals surface area contributed by atoms with E-state index in [4.69, 9.17) is 56.8 Å². The van der Waals surface area contributed by atoms with Crippen molar-refractivity contribution >= 4 is 0 Å². The van der Waals surface area contributed by atoms with Gasteiger partial charge in [-0.15, -0.1) is 0 Å². The molecule has 0 heterocycles. The molecule has 0 saturated heterocycles. The van der Waals surface area contributed by atoms with Gasteiger partial charge in [0.15, 0.2) is 0 Å². The molecule has 0 aliphatic carbocycles. The van der Waals surface area contributed by atoms with Crippen molar-refractivity contribution in [2.45, 2.75) is 43.7 Å². The van der Waals surface area contributed by atoms with Crippen LogP contribution in [0, 0.1) is 0 Å². The highest BCUT2D eigenvalue weighted by Gasteiger charge is 2.69. The van der Waals surface area contributed by atoms with Gasteiger partial charge in [-0.3, -0.25) is 0 Å². The lowest BCUT2D eigenvalue weighted by Crippen LogP contribution is -2.53. The Morgan fingerprint density at radius 3 is 0.672 bits per heavy atom. The highest BCUT2D eigenvalue weighted by Crippen LogP contribution is 2.53. The zero-order valence-corrected chi connectivity index (χ0v) is 32.9. The summed E-state index contributed by atoms with van der Waals surface area (Å²) in [7, 11) is 1.61. The number of allylic oxidation sites excluding steroid dienone is 2. The zero-order valence-electron chi connectivity index (χ0n) is 32.9. The largest absolute Gasteiger partial charge is 0.486 e. The van der Waals surface area contributed by atoms with Crippen LogP contribution < -0.4 is 0 Å². The molecule has 58 heavy (non-hydrogen) atoms. The summed E-state index contributed by atoms with van der Waals surface area (Å²) in [6, 6.07) is 0. The molecule has 24 heteroatoms. The molecule has 2 atom stereocenters. The second kappa shape index (κ2) is 32.1. The Labute approximate surface area is 330 Å². The van der Waals surface area contributed by atoms with Crippen LogP contribution in [0.25, 0.3) is 0 Å². The molecule has 0 rings (SSSR count). The predicted octanol–water partition coefficient (Wildman–Crippen LogP) is 5.23. The Morgan fingerprint density at radius 2 is 0.500 bits per heavy atom. The van der Waals surface area contributed by atoms with Crippen molar-refractivity contribution in [1.82, 2.24) is 0 Å². The fourth-order valence-electron chi connectivity index (χ4n) is 4.09. The maximum Gasteiger partial charge on any atom is 0.449 e. The number of hydrogen-bond donors (Lipinski definition) is 0. The van der Waals surface area contributed by atoms with Crippen LogP contribution in [0.2, 0.25) is 0 Å². The normalized spacial score (nSPS) is 14.7. The molecule has 0 bridgehead atoms. The molecule has 0 radical (unpaired) electrons. The highest BCUT2D eigenvalue weighted by atomic mass is 19.4. The molecule has 348 valence electrons. The van der Waals surface area contributed by atoms with Gasteiger partial charge in [0.25, 0.3) is 0 Å². The molecule has 0 aromatic rings. The van der Waals surface area contributed by atoms with Gasteiger partial charge in [-0.25, -0.2) is 8.78 Å². The van der Waals surface area contributed by atoms with Crippen LogP contribution in [0.3, 0.4) is 0 Å². The first-order chi connectivity index (χ1) is 27.3. The molecule has 0 aliphatic heterocycles. The van der Waals surface area contributed by atoms with E-state index in [1.807, 2.05) is 0 Å². The average Bonchev–Trinajstić information content (AvgIpc) is 3.12. The topological polar surface area (TPSA) is 120 Å². The first kappa shape index (κ1) is 56.3. The van der Waals surface area contributed by atoms with Gasteiger partial charge in [0.1, 0.15) is 6.61 Å². The van der Waals surface area contributed by atoms with E-state index in [-0.39, 0.29) is 39.6 Å². The summed E-state index contributed by atoms with van der Waals surface area (Å²) in [5.41, 5.74) is -14.1. The van der Waals surface area contributed by atoms with Gasteiger partial charge in [-0.2, -0.15) is 39.5 Å². The molecular weight excluding hydrogens is 825 g/mol. The van der Waals surface area contributed by atoms with Crippen molar-refractivity contribution in [3.8, 4) is 0 Å². The number of ether oxygens (including phenoxy) is 13. The lowest BCUT2D eigenvalue weighted by atomic mass is 9.83. The summed E-state index contributed by atoms with van der Waals surface area (Å²) in [6.07, 6.45) is -18.8. The molecular formula is C34H57F11O13. The van der Waals surface area contributed by atoms with Crippen molar-refractivity contribution in [1.29, 1.82) is 0 Å². The Balaban J connectivity index is 3.76. The van der Waals surface area contributed by atoms with E-state index >= 15 is 0 Å². The number of methoxy groups -OCH3 is 1. The molecule has 0 N–H and O–H groups in total. The number of alkyl halides is 11. The van der Waals surface area contributed by atoms with E-state index in [2.05, 4.69) is 4.74 Å². The van der Waals surface area contributed by atoms with E-state index < -0.39 is 68.3 Å². The van der Waals surface area contributed by atoms with E-state index in [0.717, 1.165) is 0 Å². The Hall–Kier alpha value is -1.71. The summed E-state index contributed by atoms with van der Waals surface area (Å²) in [5, 5.41) is 0. The predicted molar refractivity (Wildman–Crippen MR) is 181 cm³/mol. The van der Waals surface area contributed by atoms with Crippen LogP contribution in [0.1, 0.15) is 13.8 Å². The van der Waals surface area contributed by atoms with Gasteiger partial charge in [0.05, 0.1) is 158 Å². The van der Waals surface area contributed by atoms with Crippen molar-refractivity contribution in [2.75, 3.05) is 166 Å². The lowest BCUT2D eigenvalue weighted by Gasteiger charge is -2.36. The van der Waals surface area contributed by atoms with Gasteiger partial charge in [0, 0.05) is 7.11 Å². The van der Waals surface area contributed by atoms with Crippen LogP contribution in [-0.2, 0) is 61.6 Å². The Morgan fingerprint density at radius 1 is 0.310 bits per heavy atom.